The highest BCUT2D eigenvalue weighted by Gasteiger charge is 2.41. The summed E-state index contributed by atoms with van der Waals surface area (Å²) in [6, 6.07) is 17.5. The number of alkyl halides is 6. The lowest BCUT2D eigenvalue weighted by atomic mass is 9.83. The Kier molecular flexibility index (Phi) is 9.24. The fourth-order valence-corrected chi connectivity index (χ4v) is 6.51. The number of amides is 2. The van der Waals surface area contributed by atoms with Gasteiger partial charge in [-0.3, -0.25) is 0 Å². The van der Waals surface area contributed by atoms with Crippen LogP contribution in [0.25, 0.3) is 20.8 Å². The molecule has 14 heteroatoms. The number of aromatic hydroxyl groups is 1. The molecule has 0 spiro atoms. The lowest BCUT2D eigenvalue weighted by molar-refractivity contribution is -0.274. The van der Waals surface area contributed by atoms with Gasteiger partial charge in [0.25, 0.3) is 0 Å². The first-order valence-corrected chi connectivity index (χ1v) is 15.6. The first-order chi connectivity index (χ1) is 22.6. The zero-order valence-corrected chi connectivity index (χ0v) is 26.9. The Balaban J connectivity index is 0.00000221. The zero-order valence-electron chi connectivity index (χ0n) is 26.0. The van der Waals surface area contributed by atoms with Gasteiger partial charge in [-0.05, 0) is 72.3 Å². The number of para-hydroxylation sites is 2. The number of thiazole rings is 1. The van der Waals surface area contributed by atoms with Gasteiger partial charge in [0.2, 0.25) is 0 Å². The van der Waals surface area contributed by atoms with Gasteiger partial charge >= 0.3 is 18.6 Å². The van der Waals surface area contributed by atoms with Gasteiger partial charge in [-0.2, -0.15) is 13.2 Å². The number of halogens is 6. The summed E-state index contributed by atoms with van der Waals surface area (Å²) in [5.41, 5.74) is 1.86. The summed E-state index contributed by atoms with van der Waals surface area (Å²) in [6.07, 6.45) is -9.35. The topological polar surface area (TPSA) is 86.7 Å². The number of carbonyl (C=O) groups is 1. The van der Waals surface area contributed by atoms with Crippen molar-refractivity contribution in [2.75, 3.05) is 22.1 Å². The first kappa shape index (κ1) is 34.4. The molecule has 3 N–H and O–H groups in total. The number of hydrogen-bond donors (Lipinski definition) is 3. The summed E-state index contributed by atoms with van der Waals surface area (Å²) in [7, 11) is 0. The van der Waals surface area contributed by atoms with Crippen molar-refractivity contribution in [3.8, 4) is 22.1 Å². The van der Waals surface area contributed by atoms with Crippen LogP contribution in [0.1, 0.15) is 38.8 Å². The molecule has 7 nitrogen and oxygen atoms in total. The number of rotatable bonds is 5. The highest BCUT2D eigenvalue weighted by atomic mass is 32.1. The fourth-order valence-electron chi connectivity index (χ4n) is 5.53. The summed E-state index contributed by atoms with van der Waals surface area (Å²) >= 11 is 1.25. The molecule has 0 fully saturated rings. The molecule has 4 aromatic carbocycles. The molecule has 1 aliphatic heterocycles. The van der Waals surface area contributed by atoms with Gasteiger partial charge in [0.1, 0.15) is 16.5 Å². The van der Waals surface area contributed by atoms with E-state index in [2.05, 4.69) is 20.4 Å². The van der Waals surface area contributed by atoms with E-state index in [-0.39, 0.29) is 17.0 Å². The second-order valence-electron chi connectivity index (χ2n) is 11.2. The van der Waals surface area contributed by atoms with Crippen LogP contribution in [0.4, 0.5) is 53.9 Å². The maximum Gasteiger partial charge on any atom is 0.573 e. The summed E-state index contributed by atoms with van der Waals surface area (Å²) in [4.78, 5) is 19.3. The third-order valence-electron chi connectivity index (χ3n) is 7.39. The average Bonchev–Trinajstić information content (AvgIpc) is 3.57. The molecule has 0 saturated heterocycles. The van der Waals surface area contributed by atoms with Gasteiger partial charge < -0.3 is 25.4 Å². The second-order valence-corrected chi connectivity index (χ2v) is 12.2. The van der Waals surface area contributed by atoms with E-state index < -0.39 is 35.3 Å². The minimum absolute atomic E-state index is 0.0368. The van der Waals surface area contributed by atoms with Crippen LogP contribution in [0.2, 0.25) is 0 Å². The van der Waals surface area contributed by atoms with Crippen LogP contribution in [0.5, 0.6) is 11.5 Å². The van der Waals surface area contributed by atoms with Crippen LogP contribution >= 0.6 is 11.3 Å². The normalized spacial score (nSPS) is 13.8. The molecule has 48 heavy (non-hydrogen) atoms. The van der Waals surface area contributed by atoms with Gasteiger partial charge in [0.15, 0.2) is 0 Å². The van der Waals surface area contributed by atoms with Gasteiger partial charge in [0.05, 0.1) is 32.8 Å². The number of aromatic nitrogens is 1. The van der Waals surface area contributed by atoms with Crippen molar-refractivity contribution < 1.29 is 41.0 Å². The number of anilines is 4. The monoisotopic (exact) mass is 688 g/mol. The number of benzene rings is 4. The molecule has 0 radical (unpaired) electrons. The van der Waals surface area contributed by atoms with Crippen LogP contribution in [-0.2, 0) is 11.6 Å². The van der Waals surface area contributed by atoms with E-state index >= 15 is 0 Å². The lowest BCUT2D eigenvalue weighted by Gasteiger charge is -2.25. The van der Waals surface area contributed by atoms with Crippen LogP contribution in [0.3, 0.4) is 0 Å². The van der Waals surface area contributed by atoms with Crippen molar-refractivity contribution in [2.45, 2.75) is 45.6 Å². The smallest absolute Gasteiger partial charge is 0.506 e. The number of nitrogens with zero attached hydrogens (tertiary/aromatic N) is 2. The Labute approximate surface area is 275 Å². The molecule has 252 valence electrons. The van der Waals surface area contributed by atoms with Crippen LogP contribution in [0, 0.1) is 0 Å². The number of phenols is 1. The van der Waals surface area contributed by atoms with Crippen molar-refractivity contribution in [2.24, 2.45) is 0 Å². The van der Waals surface area contributed by atoms with E-state index in [0.29, 0.717) is 38.9 Å². The molecular weight excluding hydrogens is 658 g/mol. The molecule has 0 bridgehead atoms. The number of urea groups is 1. The summed E-state index contributed by atoms with van der Waals surface area (Å²) in [5.74, 6) is -0.472. The highest BCUT2D eigenvalue weighted by Crippen LogP contribution is 2.54. The zero-order chi connectivity index (χ0) is 35.0. The van der Waals surface area contributed by atoms with E-state index in [0.717, 1.165) is 29.8 Å². The van der Waals surface area contributed by atoms with Gasteiger partial charge in [0, 0.05) is 23.2 Å². The van der Waals surface area contributed by atoms with Crippen LogP contribution < -0.4 is 20.3 Å². The maximum atomic E-state index is 13.3. The van der Waals surface area contributed by atoms with Gasteiger partial charge in [-0.1, -0.05) is 39.8 Å². The van der Waals surface area contributed by atoms with Gasteiger partial charge in [-0.15, -0.1) is 24.5 Å². The lowest BCUT2D eigenvalue weighted by Crippen LogP contribution is -2.27. The van der Waals surface area contributed by atoms with Gasteiger partial charge in [-0.25, -0.2) is 9.78 Å². The molecule has 1 aromatic heterocycles. The SMILES string of the molecule is CC.CC1(C)CN(c2ccccc2NC(=O)Nc2ccc(OC(F)(F)F)cc2)c2c(O)ccc(-c3nc4cc(C(F)(F)F)ccc4s3)c21. The van der Waals surface area contributed by atoms with Crippen molar-refractivity contribution in [3.05, 3.63) is 90.0 Å². The number of carbonyl (C=O) groups excluding carboxylic acids is 1. The van der Waals surface area contributed by atoms with Crippen molar-refractivity contribution in [3.63, 3.8) is 0 Å². The van der Waals surface area contributed by atoms with Crippen LogP contribution in [0.15, 0.2) is 78.9 Å². The number of hydrogen-bond acceptors (Lipinski definition) is 6. The molecule has 0 aliphatic carbocycles. The summed E-state index contributed by atoms with van der Waals surface area (Å²) in [6.45, 7) is 8.31. The summed E-state index contributed by atoms with van der Waals surface area (Å²) < 4.78 is 81.8. The Morgan fingerprint density at radius 1 is 0.938 bits per heavy atom. The summed E-state index contributed by atoms with van der Waals surface area (Å²) in [5, 5.41) is 17.0. The third-order valence-corrected chi connectivity index (χ3v) is 8.46. The fraction of sp³-hybridized carbons (Fsp3) is 0.235. The molecule has 6 rings (SSSR count). The third kappa shape index (κ3) is 7.13. The molecular formula is C34H30F6N4O3S. The number of fused-ring (bicyclic) bond motifs is 2. The largest absolute Gasteiger partial charge is 0.573 e. The van der Waals surface area contributed by atoms with E-state index in [1.807, 2.05) is 32.6 Å². The average molecular weight is 689 g/mol. The van der Waals surface area contributed by atoms with E-state index in [1.165, 1.54) is 35.6 Å². The van der Waals surface area contributed by atoms with E-state index in [9.17, 15) is 36.2 Å². The van der Waals surface area contributed by atoms with E-state index in [1.54, 1.807) is 30.3 Å². The highest BCUT2D eigenvalue weighted by molar-refractivity contribution is 7.21. The molecule has 2 heterocycles. The van der Waals surface area contributed by atoms with Crippen molar-refractivity contribution in [1.29, 1.82) is 0 Å². The predicted octanol–water partition coefficient (Wildman–Crippen LogP) is 10.7. The molecule has 2 amide bonds. The Bertz CT molecular complexity index is 1960. The number of nitrogens with one attached hydrogen (secondary N) is 2. The Morgan fingerprint density at radius 3 is 2.29 bits per heavy atom. The van der Waals surface area contributed by atoms with Crippen LogP contribution in [-0.4, -0.2) is 29.0 Å². The standard InChI is InChI=1S/C32H24F6N4O3S.C2H6/c1-30(2)16-42(23-6-4-3-5-21(23)41-29(44)39-18-8-10-19(11-9-18)45-32(36,37)38)27-24(43)13-12-20(26(27)30)28-40-22-15-17(31(33,34)35)7-14-25(22)46-28;1-2/h3-15,43H,16H2,1-2H3,(H2,39,41,44);1-2H3. The quantitative estimate of drug-likeness (QED) is 0.160. The Morgan fingerprint density at radius 2 is 1.62 bits per heavy atom. The molecule has 0 saturated carbocycles. The molecule has 0 atom stereocenters. The minimum Gasteiger partial charge on any atom is -0.506 e. The molecule has 5 aromatic rings. The molecule has 1 aliphatic rings. The second kappa shape index (κ2) is 12.9. The van der Waals surface area contributed by atoms with Crippen molar-refractivity contribution >= 4 is 50.3 Å². The van der Waals surface area contributed by atoms with Crippen molar-refractivity contribution in [1.82, 2.24) is 4.98 Å². The molecule has 0 unspecified atom stereocenters. The minimum atomic E-state index is -4.84. The van der Waals surface area contributed by atoms with E-state index in [4.69, 9.17) is 0 Å². The first-order valence-electron chi connectivity index (χ1n) is 14.7. The Hall–Kier alpha value is -4.98. The number of phenolic OH excluding ortho intramolecular Hbond substituents is 1. The predicted molar refractivity (Wildman–Crippen MR) is 175 cm³/mol. The number of ether oxygens (including phenoxy) is 1. The maximum absolute atomic E-state index is 13.3.